The fourth-order valence-electron chi connectivity index (χ4n) is 3.92. The summed E-state index contributed by atoms with van der Waals surface area (Å²) >= 11 is 0. The number of rotatable bonds is 8. The third-order valence-corrected chi connectivity index (χ3v) is 5.88. The van der Waals surface area contributed by atoms with Crippen molar-refractivity contribution in [2.24, 2.45) is 11.8 Å². The van der Waals surface area contributed by atoms with Crippen molar-refractivity contribution < 1.29 is 23.9 Å². The van der Waals surface area contributed by atoms with Gasteiger partial charge in [0.2, 0.25) is 5.91 Å². The van der Waals surface area contributed by atoms with Crippen LogP contribution in [0.15, 0.2) is 48.5 Å². The molecule has 1 atom stereocenters. The molecule has 1 aliphatic rings. The average Bonchev–Trinajstić information content (AvgIpc) is 2.83. The summed E-state index contributed by atoms with van der Waals surface area (Å²) < 4.78 is 10.2. The Kier molecular flexibility index (Phi) is 7.45. The Balaban J connectivity index is 1.51. The quantitative estimate of drug-likeness (QED) is 0.600. The van der Waals surface area contributed by atoms with Gasteiger partial charge in [-0.15, -0.1) is 0 Å². The molecule has 1 heterocycles. The normalized spacial score (nSPS) is 15.3. The van der Waals surface area contributed by atoms with Crippen molar-refractivity contribution in [1.82, 2.24) is 4.90 Å². The molecule has 1 amide bonds. The number of ketones is 2. The fourth-order valence-corrected chi connectivity index (χ4v) is 3.92. The number of Topliss-reactive ketones (excluding diaryl/α,β-unsaturated/α-hetero) is 2. The molecule has 6 nitrogen and oxygen atoms in total. The number of hydrogen-bond acceptors (Lipinski definition) is 5. The zero-order valence-corrected chi connectivity index (χ0v) is 18.3. The van der Waals surface area contributed by atoms with E-state index in [0.717, 1.165) is 5.75 Å². The Hall–Kier alpha value is -3.15. The molecule has 1 fully saturated rings. The summed E-state index contributed by atoms with van der Waals surface area (Å²) in [5, 5.41) is 0. The van der Waals surface area contributed by atoms with E-state index in [0.29, 0.717) is 42.8 Å². The second kappa shape index (κ2) is 10.2. The van der Waals surface area contributed by atoms with E-state index in [1.165, 1.54) is 0 Å². The topological polar surface area (TPSA) is 72.9 Å². The number of carbonyl (C=O) groups excluding carboxylic acids is 3. The highest BCUT2D eigenvalue weighted by molar-refractivity contribution is 5.99. The number of ether oxygens (including phenoxy) is 2. The van der Waals surface area contributed by atoms with Gasteiger partial charge in [-0.3, -0.25) is 14.4 Å². The van der Waals surface area contributed by atoms with Gasteiger partial charge in [0.25, 0.3) is 0 Å². The number of likely N-dealkylation sites (tertiary alicyclic amines) is 1. The second-order valence-electron chi connectivity index (χ2n) is 7.95. The lowest BCUT2D eigenvalue weighted by Gasteiger charge is -2.33. The van der Waals surface area contributed by atoms with Crippen LogP contribution < -0.4 is 9.47 Å². The van der Waals surface area contributed by atoms with Gasteiger partial charge in [0.05, 0.1) is 14.2 Å². The molecule has 31 heavy (non-hydrogen) atoms. The summed E-state index contributed by atoms with van der Waals surface area (Å²) in [6.45, 7) is 2.86. The van der Waals surface area contributed by atoms with Gasteiger partial charge in [-0.05, 0) is 61.4 Å². The van der Waals surface area contributed by atoms with Crippen molar-refractivity contribution in [1.29, 1.82) is 0 Å². The molecule has 0 aromatic heterocycles. The molecule has 1 aliphatic heterocycles. The minimum Gasteiger partial charge on any atom is -0.497 e. The van der Waals surface area contributed by atoms with Crippen LogP contribution in [0.2, 0.25) is 0 Å². The van der Waals surface area contributed by atoms with Crippen molar-refractivity contribution in [3.8, 4) is 11.5 Å². The maximum absolute atomic E-state index is 12.8. The van der Waals surface area contributed by atoms with Crippen molar-refractivity contribution in [2.45, 2.75) is 26.2 Å². The van der Waals surface area contributed by atoms with Crippen LogP contribution >= 0.6 is 0 Å². The van der Waals surface area contributed by atoms with E-state index in [-0.39, 0.29) is 29.8 Å². The predicted octanol–water partition coefficient (Wildman–Crippen LogP) is 4.03. The molecule has 3 rings (SSSR count). The fraction of sp³-hybridized carbons (Fsp3) is 0.400. The predicted molar refractivity (Wildman–Crippen MR) is 118 cm³/mol. The summed E-state index contributed by atoms with van der Waals surface area (Å²) in [7, 11) is 3.17. The van der Waals surface area contributed by atoms with E-state index in [4.69, 9.17) is 9.47 Å². The lowest BCUT2D eigenvalue weighted by molar-refractivity contribution is -0.136. The van der Waals surface area contributed by atoms with Gasteiger partial charge in [0.1, 0.15) is 11.5 Å². The minimum absolute atomic E-state index is 0.0304. The van der Waals surface area contributed by atoms with Crippen LogP contribution in [0.3, 0.4) is 0 Å². The van der Waals surface area contributed by atoms with E-state index < -0.39 is 5.92 Å². The third kappa shape index (κ3) is 5.51. The lowest BCUT2D eigenvalue weighted by atomic mass is 9.88. The van der Waals surface area contributed by atoms with E-state index >= 15 is 0 Å². The van der Waals surface area contributed by atoms with Gasteiger partial charge >= 0.3 is 0 Å². The second-order valence-corrected chi connectivity index (χ2v) is 7.95. The van der Waals surface area contributed by atoms with E-state index in [9.17, 15) is 14.4 Å². The summed E-state index contributed by atoms with van der Waals surface area (Å²) in [4.78, 5) is 39.9. The molecule has 0 aliphatic carbocycles. The number of amides is 1. The summed E-state index contributed by atoms with van der Waals surface area (Å²) in [6.07, 6.45) is 1.43. The maximum atomic E-state index is 12.8. The smallest absolute Gasteiger partial charge is 0.225 e. The van der Waals surface area contributed by atoms with E-state index in [1.807, 2.05) is 0 Å². The molecule has 0 radical (unpaired) electrons. The summed E-state index contributed by atoms with van der Waals surface area (Å²) in [6, 6.07) is 14.1. The highest BCUT2D eigenvalue weighted by atomic mass is 16.5. The largest absolute Gasteiger partial charge is 0.497 e. The molecule has 0 unspecified atom stereocenters. The van der Waals surface area contributed by atoms with Crippen LogP contribution in [-0.2, 0) is 4.79 Å². The minimum atomic E-state index is -0.400. The van der Waals surface area contributed by atoms with Crippen LogP contribution in [0.4, 0.5) is 0 Å². The van der Waals surface area contributed by atoms with Gasteiger partial charge in [-0.1, -0.05) is 6.92 Å². The van der Waals surface area contributed by atoms with Crippen molar-refractivity contribution >= 4 is 17.5 Å². The Labute approximate surface area is 183 Å². The molecular weight excluding hydrogens is 394 g/mol. The molecule has 0 bridgehead atoms. The summed E-state index contributed by atoms with van der Waals surface area (Å²) in [5.74, 6) is 0.933. The zero-order chi connectivity index (χ0) is 22.4. The molecule has 0 saturated carbocycles. The first kappa shape index (κ1) is 22.5. The number of benzene rings is 2. The highest BCUT2D eigenvalue weighted by Gasteiger charge is 2.30. The van der Waals surface area contributed by atoms with Crippen LogP contribution in [0.5, 0.6) is 11.5 Å². The lowest BCUT2D eigenvalue weighted by Crippen LogP contribution is -2.43. The first-order chi connectivity index (χ1) is 14.9. The Morgan fingerprint density at radius 2 is 1.35 bits per heavy atom. The Morgan fingerprint density at radius 3 is 1.84 bits per heavy atom. The number of piperidine rings is 1. The third-order valence-electron chi connectivity index (χ3n) is 5.88. The van der Waals surface area contributed by atoms with Gasteiger partial charge in [0.15, 0.2) is 11.6 Å². The number of nitrogens with zero attached hydrogens (tertiary/aromatic N) is 1. The molecular formula is C25H29NO5. The molecule has 2 aromatic rings. The first-order valence-electron chi connectivity index (χ1n) is 10.6. The van der Waals surface area contributed by atoms with Crippen LogP contribution in [0, 0.1) is 11.8 Å². The van der Waals surface area contributed by atoms with Crippen LogP contribution in [0.1, 0.15) is 46.9 Å². The molecule has 1 saturated heterocycles. The van der Waals surface area contributed by atoms with Gasteiger partial charge < -0.3 is 14.4 Å². The number of methoxy groups -OCH3 is 2. The van der Waals surface area contributed by atoms with Crippen molar-refractivity contribution in [2.75, 3.05) is 27.3 Å². The van der Waals surface area contributed by atoms with Gasteiger partial charge in [0, 0.05) is 42.5 Å². The van der Waals surface area contributed by atoms with E-state index in [1.54, 1.807) is 74.6 Å². The Bertz CT molecular complexity index is 912. The van der Waals surface area contributed by atoms with Crippen LogP contribution in [0.25, 0.3) is 0 Å². The molecule has 164 valence electrons. The van der Waals surface area contributed by atoms with Gasteiger partial charge in [-0.2, -0.15) is 0 Å². The average molecular weight is 424 g/mol. The zero-order valence-electron chi connectivity index (χ0n) is 18.3. The number of carbonyl (C=O) groups is 3. The number of hydrogen-bond donors (Lipinski definition) is 0. The molecule has 2 aromatic carbocycles. The SMILES string of the molecule is COc1ccc(C(=O)C[C@@H](C)C(=O)N2CCC(C(=O)c3ccc(OC)cc3)CC2)cc1. The van der Waals surface area contributed by atoms with Crippen LogP contribution in [-0.4, -0.2) is 49.7 Å². The van der Waals surface area contributed by atoms with Crippen molar-refractivity contribution in [3.63, 3.8) is 0 Å². The molecule has 0 N–H and O–H groups in total. The maximum Gasteiger partial charge on any atom is 0.225 e. The Morgan fingerprint density at radius 1 is 0.871 bits per heavy atom. The van der Waals surface area contributed by atoms with E-state index in [2.05, 4.69) is 0 Å². The van der Waals surface area contributed by atoms with Gasteiger partial charge in [-0.25, -0.2) is 0 Å². The first-order valence-corrected chi connectivity index (χ1v) is 10.6. The highest BCUT2D eigenvalue weighted by Crippen LogP contribution is 2.25. The molecule has 0 spiro atoms. The molecule has 6 heteroatoms. The standard InChI is InChI=1S/C25H29NO5/c1-17(16-23(27)18-4-8-21(30-2)9-5-18)25(29)26-14-12-20(13-15-26)24(28)19-6-10-22(31-3)11-7-19/h4-11,17,20H,12-16H2,1-3H3/t17-/m1/s1. The summed E-state index contributed by atoms with van der Waals surface area (Å²) in [5.41, 5.74) is 1.24. The monoisotopic (exact) mass is 423 g/mol. The van der Waals surface area contributed by atoms with Crippen molar-refractivity contribution in [3.05, 3.63) is 59.7 Å².